The molecule has 1 amide bonds. The molecule has 2 fully saturated rings. The van der Waals surface area contributed by atoms with Gasteiger partial charge in [0.25, 0.3) is 5.89 Å². The van der Waals surface area contributed by atoms with Gasteiger partial charge in [0, 0.05) is 28.2 Å². The van der Waals surface area contributed by atoms with E-state index in [2.05, 4.69) is 31.5 Å². The number of aromatic nitrogens is 1. The van der Waals surface area contributed by atoms with Crippen LogP contribution in [0.3, 0.4) is 0 Å². The Morgan fingerprint density at radius 3 is 2.95 bits per heavy atom. The second kappa shape index (κ2) is 5.52. The molecular weight excluding hydrogens is 346 g/mol. The van der Waals surface area contributed by atoms with Crippen LogP contribution < -0.4 is 10.6 Å². The summed E-state index contributed by atoms with van der Waals surface area (Å²) in [4.78, 5) is 16.4. The number of rotatable bonds is 3. The fourth-order valence-electron chi connectivity index (χ4n) is 3.38. The Labute approximate surface area is 136 Å². The van der Waals surface area contributed by atoms with Gasteiger partial charge in [-0.2, -0.15) is 0 Å². The summed E-state index contributed by atoms with van der Waals surface area (Å²) in [7, 11) is 0. The zero-order chi connectivity index (χ0) is 15.1. The number of hydrogen-bond donors (Lipinski definition) is 2. The van der Waals surface area contributed by atoms with Crippen molar-refractivity contribution in [3.63, 3.8) is 0 Å². The molecule has 2 aliphatic rings. The molecule has 3 unspecified atom stereocenters. The Kier molecular flexibility index (Phi) is 3.50. The minimum absolute atomic E-state index is 0.119. The van der Waals surface area contributed by atoms with Gasteiger partial charge in [0.05, 0.1) is 6.20 Å². The van der Waals surface area contributed by atoms with Gasteiger partial charge >= 0.3 is 5.91 Å². The van der Waals surface area contributed by atoms with Crippen molar-refractivity contribution >= 4 is 21.8 Å². The van der Waals surface area contributed by atoms with Crippen LogP contribution in [-0.2, 0) is 0 Å². The highest BCUT2D eigenvalue weighted by atomic mass is 79.9. The number of oxazole rings is 1. The summed E-state index contributed by atoms with van der Waals surface area (Å²) in [6.45, 7) is 0. The first-order chi connectivity index (χ1) is 10.7. The van der Waals surface area contributed by atoms with Crippen LogP contribution >= 0.6 is 15.9 Å². The summed E-state index contributed by atoms with van der Waals surface area (Å²) < 4.78 is 6.54. The standard InChI is InChI=1S/C16H16BrN3O2/c17-11-4-2-1-3-10(11)14-8-18-16(22-14)15(21)20-13-7-9-5-6-12(13)19-9/h1-4,8-9,12-13,19H,5-7H2,(H,20,21). The van der Waals surface area contributed by atoms with E-state index in [1.807, 2.05) is 24.3 Å². The molecule has 22 heavy (non-hydrogen) atoms. The molecule has 1 aromatic carbocycles. The summed E-state index contributed by atoms with van der Waals surface area (Å²) >= 11 is 3.48. The third-order valence-corrected chi connectivity index (χ3v) is 5.15. The molecule has 6 heteroatoms. The fourth-order valence-corrected chi connectivity index (χ4v) is 3.86. The third kappa shape index (κ3) is 2.46. The Balaban J connectivity index is 1.49. The van der Waals surface area contributed by atoms with Gasteiger partial charge in [0.1, 0.15) is 0 Å². The average molecular weight is 362 g/mol. The van der Waals surface area contributed by atoms with E-state index >= 15 is 0 Å². The number of hydrogen-bond acceptors (Lipinski definition) is 4. The lowest BCUT2D eigenvalue weighted by Gasteiger charge is -2.20. The summed E-state index contributed by atoms with van der Waals surface area (Å²) in [5.41, 5.74) is 0.885. The van der Waals surface area contributed by atoms with Crippen molar-refractivity contribution in [2.45, 2.75) is 37.4 Å². The number of benzene rings is 1. The lowest BCUT2D eigenvalue weighted by atomic mass is 9.95. The Morgan fingerprint density at radius 2 is 2.23 bits per heavy atom. The van der Waals surface area contributed by atoms with Gasteiger partial charge in [0.2, 0.25) is 0 Å². The SMILES string of the molecule is O=C(NC1CC2CCC1N2)c1ncc(-c2ccccc2Br)o1. The van der Waals surface area contributed by atoms with Crippen molar-refractivity contribution in [3.8, 4) is 11.3 Å². The van der Waals surface area contributed by atoms with Gasteiger partial charge < -0.3 is 15.1 Å². The van der Waals surface area contributed by atoms with Crippen molar-refractivity contribution in [1.82, 2.24) is 15.6 Å². The van der Waals surface area contributed by atoms with Crippen LogP contribution in [0.4, 0.5) is 0 Å². The van der Waals surface area contributed by atoms with Gasteiger partial charge in [-0.3, -0.25) is 4.79 Å². The summed E-state index contributed by atoms with van der Waals surface area (Å²) in [5, 5.41) is 6.54. The van der Waals surface area contributed by atoms with E-state index in [0.717, 1.165) is 22.9 Å². The molecule has 114 valence electrons. The highest BCUT2D eigenvalue weighted by Gasteiger charge is 2.40. The van der Waals surface area contributed by atoms with Crippen LogP contribution in [0.25, 0.3) is 11.3 Å². The predicted molar refractivity (Wildman–Crippen MR) is 85.5 cm³/mol. The molecule has 2 aromatic rings. The molecule has 4 rings (SSSR count). The minimum Gasteiger partial charge on any atom is -0.432 e. The van der Waals surface area contributed by atoms with Gasteiger partial charge in [-0.15, -0.1) is 0 Å². The first-order valence-electron chi connectivity index (χ1n) is 7.48. The smallest absolute Gasteiger partial charge is 0.307 e. The van der Waals surface area contributed by atoms with Gasteiger partial charge in [0.15, 0.2) is 5.76 Å². The van der Waals surface area contributed by atoms with E-state index in [-0.39, 0.29) is 17.8 Å². The second-order valence-corrected chi connectivity index (χ2v) is 6.73. The third-order valence-electron chi connectivity index (χ3n) is 4.46. The fraction of sp³-hybridized carbons (Fsp3) is 0.375. The Morgan fingerprint density at radius 1 is 1.36 bits per heavy atom. The van der Waals surface area contributed by atoms with E-state index < -0.39 is 0 Å². The maximum absolute atomic E-state index is 12.3. The van der Waals surface area contributed by atoms with Crippen LogP contribution in [0.15, 0.2) is 39.4 Å². The molecule has 2 bridgehead atoms. The number of carbonyl (C=O) groups is 1. The van der Waals surface area contributed by atoms with Gasteiger partial charge in [-0.1, -0.05) is 34.1 Å². The largest absolute Gasteiger partial charge is 0.432 e. The van der Waals surface area contributed by atoms with Crippen molar-refractivity contribution in [2.75, 3.05) is 0 Å². The molecule has 0 spiro atoms. The van der Waals surface area contributed by atoms with Gasteiger partial charge in [-0.25, -0.2) is 4.98 Å². The van der Waals surface area contributed by atoms with Crippen molar-refractivity contribution in [3.05, 3.63) is 40.8 Å². The van der Waals surface area contributed by atoms with Crippen LogP contribution in [0, 0.1) is 0 Å². The number of amides is 1. The summed E-state index contributed by atoms with van der Waals surface area (Å²) in [6, 6.07) is 8.83. The molecule has 0 radical (unpaired) electrons. The molecule has 1 aromatic heterocycles. The molecule has 3 heterocycles. The monoisotopic (exact) mass is 361 g/mol. The van der Waals surface area contributed by atoms with Crippen LogP contribution in [0.1, 0.15) is 29.9 Å². The number of fused-ring (bicyclic) bond motifs is 2. The number of nitrogens with zero attached hydrogens (tertiary/aromatic N) is 1. The highest BCUT2D eigenvalue weighted by Crippen LogP contribution is 2.30. The Hall–Kier alpha value is -1.66. The van der Waals surface area contributed by atoms with Crippen molar-refractivity contribution < 1.29 is 9.21 Å². The highest BCUT2D eigenvalue weighted by molar-refractivity contribution is 9.10. The average Bonchev–Trinajstić information content (AvgIpc) is 3.24. The maximum Gasteiger partial charge on any atom is 0.307 e. The second-order valence-electron chi connectivity index (χ2n) is 5.87. The zero-order valence-electron chi connectivity index (χ0n) is 11.9. The molecule has 0 saturated carbocycles. The number of carbonyl (C=O) groups excluding carboxylic acids is 1. The van der Waals surface area contributed by atoms with Crippen LogP contribution in [0.5, 0.6) is 0 Å². The number of halogens is 1. The van der Waals surface area contributed by atoms with Crippen molar-refractivity contribution in [2.24, 2.45) is 0 Å². The lowest BCUT2D eigenvalue weighted by molar-refractivity contribution is 0.0896. The van der Waals surface area contributed by atoms with Gasteiger partial charge in [-0.05, 0) is 25.3 Å². The molecule has 5 nitrogen and oxygen atoms in total. The predicted octanol–water partition coefficient (Wildman–Crippen LogP) is 2.73. The first-order valence-corrected chi connectivity index (χ1v) is 8.27. The van der Waals surface area contributed by atoms with Crippen LogP contribution in [-0.4, -0.2) is 29.0 Å². The molecular formula is C16H16BrN3O2. The topological polar surface area (TPSA) is 67.2 Å². The molecule has 3 atom stereocenters. The Bertz CT molecular complexity index is 715. The van der Waals surface area contributed by atoms with Crippen molar-refractivity contribution in [1.29, 1.82) is 0 Å². The lowest BCUT2D eigenvalue weighted by Crippen LogP contribution is -2.43. The quantitative estimate of drug-likeness (QED) is 0.881. The summed E-state index contributed by atoms with van der Waals surface area (Å²) in [6.07, 6.45) is 4.92. The maximum atomic E-state index is 12.3. The molecule has 2 aliphatic heterocycles. The van der Waals surface area contributed by atoms with Crippen LogP contribution in [0.2, 0.25) is 0 Å². The molecule has 2 saturated heterocycles. The molecule has 2 N–H and O–H groups in total. The van der Waals surface area contributed by atoms with E-state index in [1.165, 1.54) is 6.42 Å². The summed E-state index contributed by atoms with van der Waals surface area (Å²) in [5.74, 6) is 0.467. The zero-order valence-corrected chi connectivity index (χ0v) is 13.5. The molecule has 0 aliphatic carbocycles. The first kappa shape index (κ1) is 14.0. The minimum atomic E-state index is -0.238. The van der Waals surface area contributed by atoms with E-state index in [9.17, 15) is 4.79 Å². The van der Waals surface area contributed by atoms with E-state index in [0.29, 0.717) is 17.8 Å². The van der Waals surface area contributed by atoms with E-state index in [1.54, 1.807) is 6.20 Å². The number of nitrogens with one attached hydrogen (secondary N) is 2. The van der Waals surface area contributed by atoms with E-state index in [4.69, 9.17) is 4.42 Å². The normalized spacial score (nSPS) is 26.3.